The summed E-state index contributed by atoms with van der Waals surface area (Å²) in [6.07, 6.45) is 108. The fraction of sp³-hybridized carbons (Fsp3) is 0.727. The molecule has 4 nitrogen and oxygen atoms in total. The van der Waals surface area contributed by atoms with Gasteiger partial charge in [-0.1, -0.05) is 367 Å². The predicted octanol–water partition coefficient (Wildman–Crippen LogP) is 24.3. The molecule has 0 fully saturated rings. The summed E-state index contributed by atoms with van der Waals surface area (Å²) in [6, 6.07) is -0.631. The highest BCUT2D eigenvalue weighted by Crippen LogP contribution is 2.18. The summed E-state index contributed by atoms with van der Waals surface area (Å²) in [5.74, 6) is -0.0652. The first-order chi connectivity index (χ1) is 40.2. The molecule has 2 unspecified atom stereocenters. The molecule has 1 amide bonds. The average Bonchev–Trinajstić information content (AvgIpc) is 3.47. The van der Waals surface area contributed by atoms with E-state index in [1.54, 1.807) is 6.08 Å². The van der Waals surface area contributed by atoms with E-state index in [9.17, 15) is 15.0 Å². The number of aliphatic hydroxyl groups excluding tert-OH is 2. The Labute approximate surface area is 505 Å². The third-order valence-electron chi connectivity index (χ3n) is 15.7. The van der Waals surface area contributed by atoms with Crippen molar-refractivity contribution < 1.29 is 15.0 Å². The van der Waals surface area contributed by atoms with Gasteiger partial charge in [0.1, 0.15) is 0 Å². The van der Waals surface area contributed by atoms with Crippen molar-refractivity contribution in [3.05, 3.63) is 122 Å². The third kappa shape index (κ3) is 67.5. The van der Waals surface area contributed by atoms with Crippen molar-refractivity contribution in [2.24, 2.45) is 0 Å². The van der Waals surface area contributed by atoms with Crippen molar-refractivity contribution in [3.63, 3.8) is 0 Å². The quantitative estimate of drug-likeness (QED) is 0.0420. The van der Waals surface area contributed by atoms with Gasteiger partial charge in [0.25, 0.3) is 0 Å². The third-order valence-corrected chi connectivity index (χ3v) is 15.7. The zero-order valence-corrected chi connectivity index (χ0v) is 53.8. The number of unbranched alkanes of at least 4 members (excludes halogenated alkanes) is 39. The van der Waals surface area contributed by atoms with Crippen molar-refractivity contribution in [1.82, 2.24) is 5.32 Å². The number of rotatable bonds is 64. The van der Waals surface area contributed by atoms with Gasteiger partial charge in [-0.05, 0) is 89.9 Å². The Hall–Kier alpha value is -3.21. The van der Waals surface area contributed by atoms with E-state index in [0.29, 0.717) is 6.42 Å². The van der Waals surface area contributed by atoms with E-state index < -0.39 is 12.1 Å². The number of nitrogens with one attached hydrogen (secondary N) is 1. The molecular formula is C77H135NO3. The summed E-state index contributed by atoms with van der Waals surface area (Å²) in [5.41, 5.74) is 0. The number of aliphatic hydroxyl groups is 2. The number of carbonyl (C=O) groups is 1. The molecule has 0 spiro atoms. The van der Waals surface area contributed by atoms with Crippen LogP contribution < -0.4 is 5.32 Å². The predicted molar refractivity (Wildman–Crippen MR) is 363 cm³/mol. The Kier molecular flexibility index (Phi) is 68.2. The van der Waals surface area contributed by atoms with Crippen molar-refractivity contribution in [3.8, 4) is 0 Å². The van der Waals surface area contributed by atoms with Crippen LogP contribution in [0.15, 0.2) is 122 Å². The molecule has 0 aliphatic rings. The molecule has 466 valence electrons. The maximum absolute atomic E-state index is 12.5. The highest BCUT2D eigenvalue weighted by Gasteiger charge is 2.18. The molecule has 0 aliphatic heterocycles. The second-order valence-electron chi connectivity index (χ2n) is 23.6. The Morgan fingerprint density at radius 1 is 0.309 bits per heavy atom. The Morgan fingerprint density at radius 3 is 0.815 bits per heavy atom. The first kappa shape index (κ1) is 77.8. The standard InChI is InChI=1S/C77H135NO3/c1-3-5-7-9-11-13-15-17-19-21-23-25-27-29-31-33-34-35-36-37-38-39-40-41-42-43-44-45-47-49-51-53-55-57-59-61-63-65-67-69-71-73-77(81)78-75(74-79)76(80)72-70-68-66-64-62-60-58-56-54-52-50-48-46-32-30-28-26-24-22-20-18-16-14-12-10-8-6-4-2/h5,7,11,13,17,19,23,25,29,31,34-35,37-38,40-41,43-44,70,72,75-76,79-80H,3-4,6,8-10,12,14-16,18,20-22,24,26-28,30,32-33,36,39,42,45-69,71,73-74H2,1-2H3,(H,78,81)/b7-5-,13-11-,19-17-,25-23-,31-29-,35-34-,38-37-,41-40-,44-43-,72-70+. The number of hydrogen-bond donors (Lipinski definition) is 3. The van der Waals surface area contributed by atoms with Crippen molar-refractivity contribution in [2.45, 2.75) is 353 Å². The van der Waals surface area contributed by atoms with Crippen molar-refractivity contribution in [2.75, 3.05) is 6.61 Å². The first-order valence-corrected chi connectivity index (χ1v) is 35.2. The number of hydrogen-bond acceptors (Lipinski definition) is 3. The van der Waals surface area contributed by atoms with Crippen LogP contribution in [-0.4, -0.2) is 34.9 Å². The molecule has 0 aromatic heterocycles. The lowest BCUT2D eigenvalue weighted by Gasteiger charge is -2.20. The highest BCUT2D eigenvalue weighted by molar-refractivity contribution is 5.76. The van der Waals surface area contributed by atoms with Gasteiger partial charge in [-0.15, -0.1) is 0 Å². The molecule has 3 N–H and O–H groups in total. The molecule has 0 aromatic rings. The Balaban J connectivity index is 3.53. The molecule has 0 aromatic carbocycles. The molecule has 0 radical (unpaired) electrons. The summed E-state index contributed by atoms with van der Waals surface area (Å²) < 4.78 is 0. The smallest absolute Gasteiger partial charge is 0.220 e. The van der Waals surface area contributed by atoms with Gasteiger partial charge in [-0.2, -0.15) is 0 Å². The van der Waals surface area contributed by atoms with E-state index in [2.05, 4.69) is 129 Å². The maximum Gasteiger partial charge on any atom is 0.220 e. The van der Waals surface area contributed by atoms with Crippen LogP contribution in [0.1, 0.15) is 341 Å². The monoisotopic (exact) mass is 1120 g/mol. The molecule has 0 heterocycles. The van der Waals surface area contributed by atoms with E-state index in [4.69, 9.17) is 0 Å². The summed E-state index contributed by atoms with van der Waals surface area (Å²) >= 11 is 0. The van der Waals surface area contributed by atoms with Gasteiger partial charge in [-0.25, -0.2) is 0 Å². The van der Waals surface area contributed by atoms with E-state index in [0.717, 1.165) is 83.5 Å². The lowest BCUT2D eigenvalue weighted by molar-refractivity contribution is -0.123. The topological polar surface area (TPSA) is 69.6 Å². The average molecular weight is 1120 g/mol. The van der Waals surface area contributed by atoms with Gasteiger partial charge in [0.15, 0.2) is 0 Å². The van der Waals surface area contributed by atoms with Crippen LogP contribution in [0.25, 0.3) is 0 Å². The molecule has 0 bridgehead atoms. The molecule has 0 rings (SSSR count). The Morgan fingerprint density at radius 2 is 0.543 bits per heavy atom. The lowest BCUT2D eigenvalue weighted by Crippen LogP contribution is -2.45. The first-order valence-electron chi connectivity index (χ1n) is 35.2. The van der Waals surface area contributed by atoms with Crippen LogP contribution in [-0.2, 0) is 4.79 Å². The minimum atomic E-state index is -0.848. The van der Waals surface area contributed by atoms with Gasteiger partial charge < -0.3 is 15.5 Å². The number of amides is 1. The van der Waals surface area contributed by atoms with E-state index >= 15 is 0 Å². The van der Waals surface area contributed by atoms with Gasteiger partial charge in [0, 0.05) is 6.42 Å². The summed E-state index contributed by atoms with van der Waals surface area (Å²) in [4.78, 5) is 12.5. The highest BCUT2D eigenvalue weighted by atomic mass is 16.3. The molecule has 0 saturated carbocycles. The minimum Gasteiger partial charge on any atom is -0.394 e. The van der Waals surface area contributed by atoms with E-state index in [1.807, 2.05) is 6.08 Å². The molecule has 4 heteroatoms. The van der Waals surface area contributed by atoms with Gasteiger partial charge in [-0.3, -0.25) is 4.79 Å². The normalized spacial score (nSPS) is 13.5. The SMILES string of the molecule is CC/C=C\C/C=C\C/C=C\C/C=C\C/C=C\C/C=C\C/C=C\C/C=C\C/C=C\CCCCCCCCCCCCCCCC(=O)NC(CO)C(O)/C=C/CCCCCCCCCCCCCCCCCCCCCCCCCCCC. The van der Waals surface area contributed by atoms with Crippen LogP contribution in [0.5, 0.6) is 0 Å². The number of carbonyl (C=O) groups excluding carboxylic acids is 1. The molecule has 0 saturated heterocycles. The van der Waals surface area contributed by atoms with Crippen LogP contribution in [0, 0.1) is 0 Å². The van der Waals surface area contributed by atoms with Crippen molar-refractivity contribution in [1.29, 1.82) is 0 Å². The summed E-state index contributed by atoms with van der Waals surface area (Å²) in [5, 5.41) is 23.3. The van der Waals surface area contributed by atoms with Gasteiger partial charge >= 0.3 is 0 Å². The largest absolute Gasteiger partial charge is 0.394 e. The Bertz CT molecular complexity index is 1560. The number of allylic oxidation sites excluding steroid dienone is 19. The maximum atomic E-state index is 12.5. The van der Waals surface area contributed by atoms with E-state index in [1.165, 1.54) is 238 Å². The zero-order valence-electron chi connectivity index (χ0n) is 53.8. The van der Waals surface area contributed by atoms with Crippen LogP contribution in [0.3, 0.4) is 0 Å². The van der Waals surface area contributed by atoms with E-state index in [-0.39, 0.29) is 12.5 Å². The molecule has 0 aliphatic carbocycles. The van der Waals surface area contributed by atoms with Crippen LogP contribution >= 0.6 is 0 Å². The van der Waals surface area contributed by atoms with Crippen LogP contribution in [0.4, 0.5) is 0 Å². The zero-order chi connectivity index (χ0) is 58.4. The van der Waals surface area contributed by atoms with Crippen molar-refractivity contribution >= 4 is 5.91 Å². The van der Waals surface area contributed by atoms with Gasteiger partial charge in [0.05, 0.1) is 18.8 Å². The summed E-state index contributed by atoms with van der Waals surface area (Å²) in [6.45, 7) is 4.22. The lowest BCUT2D eigenvalue weighted by atomic mass is 10.0. The molecular weight excluding hydrogens is 987 g/mol. The summed E-state index contributed by atoms with van der Waals surface area (Å²) in [7, 11) is 0. The fourth-order valence-electron chi connectivity index (χ4n) is 10.4. The fourth-order valence-corrected chi connectivity index (χ4v) is 10.4. The second kappa shape index (κ2) is 71.1. The molecule has 2 atom stereocenters. The minimum absolute atomic E-state index is 0.0652. The molecule has 81 heavy (non-hydrogen) atoms. The second-order valence-corrected chi connectivity index (χ2v) is 23.6. The van der Waals surface area contributed by atoms with Crippen LogP contribution in [0.2, 0.25) is 0 Å². The van der Waals surface area contributed by atoms with Gasteiger partial charge in [0.2, 0.25) is 5.91 Å².